The summed E-state index contributed by atoms with van der Waals surface area (Å²) in [5.74, 6) is 6.78. The van der Waals surface area contributed by atoms with Gasteiger partial charge in [0.05, 0.1) is 0 Å². The second-order valence-electron chi connectivity index (χ2n) is 19.6. The molecule has 6 nitrogen and oxygen atoms in total. The average Bonchev–Trinajstić information content (AvgIpc) is 3.90. The molecule has 6 heteroatoms. The van der Waals surface area contributed by atoms with Gasteiger partial charge < -0.3 is 0 Å². The van der Waals surface area contributed by atoms with E-state index >= 15 is 0 Å². The summed E-state index contributed by atoms with van der Waals surface area (Å²) >= 11 is 0. The number of benzene rings is 8. The van der Waals surface area contributed by atoms with Gasteiger partial charge in [0.25, 0.3) is 0 Å². The van der Waals surface area contributed by atoms with Crippen LogP contribution in [0.1, 0.15) is 55.1 Å². The van der Waals surface area contributed by atoms with Crippen LogP contribution in [0.4, 0.5) is 0 Å². The standard InChI is InChI=1S/C64H50N6/c1-5-15-42(16-6-1)50-23-13-25-52(35-50)62-67-58(46-19-9-3-10-20-46)65-60(69-62)48-31-27-44(28-32-48)54-37-56-39-57-38-55(41-64(56,57)40-54)45-29-33-49(34-30-45)61-66-59(47-21-11-4-12-22-47)68-63(70-61)53-26-14-24-51(36-53)43-17-7-2-8-18-43/h1-36,54-57H,37-41H2. The van der Waals surface area contributed by atoms with Gasteiger partial charge >= 0.3 is 0 Å². The molecule has 2 aromatic heterocycles. The van der Waals surface area contributed by atoms with Gasteiger partial charge in [-0.25, -0.2) is 29.9 Å². The van der Waals surface area contributed by atoms with Crippen molar-refractivity contribution in [3.05, 3.63) is 230 Å². The number of rotatable bonds is 10. The molecule has 0 radical (unpaired) electrons. The van der Waals surface area contributed by atoms with Crippen molar-refractivity contribution < 1.29 is 0 Å². The van der Waals surface area contributed by atoms with E-state index in [0.717, 1.165) is 67.5 Å². The summed E-state index contributed by atoms with van der Waals surface area (Å²) in [5.41, 5.74) is 13.8. The Bertz CT molecular complexity index is 3240. The molecule has 10 aromatic rings. The van der Waals surface area contributed by atoms with Crippen molar-refractivity contribution in [3.63, 3.8) is 0 Å². The van der Waals surface area contributed by atoms with Crippen LogP contribution in [-0.4, -0.2) is 29.9 Å². The van der Waals surface area contributed by atoms with Gasteiger partial charge in [-0.1, -0.05) is 206 Å². The Balaban J connectivity index is 0.738. The van der Waals surface area contributed by atoms with Crippen LogP contribution in [0, 0.1) is 17.3 Å². The van der Waals surface area contributed by atoms with Crippen LogP contribution in [0.2, 0.25) is 0 Å². The van der Waals surface area contributed by atoms with Crippen LogP contribution in [0.15, 0.2) is 218 Å². The Morgan fingerprint density at radius 1 is 0.257 bits per heavy atom. The largest absolute Gasteiger partial charge is 0.208 e. The van der Waals surface area contributed by atoms with Crippen molar-refractivity contribution in [2.24, 2.45) is 17.3 Å². The molecule has 1 spiro atoms. The van der Waals surface area contributed by atoms with Gasteiger partial charge in [-0.15, -0.1) is 0 Å². The third-order valence-corrected chi connectivity index (χ3v) is 15.7. The van der Waals surface area contributed by atoms with Gasteiger partial charge in [-0.2, -0.15) is 0 Å². The topological polar surface area (TPSA) is 77.3 Å². The summed E-state index contributed by atoms with van der Waals surface area (Å²) in [5, 5.41) is 0. The predicted octanol–water partition coefficient (Wildman–Crippen LogP) is 15.5. The van der Waals surface area contributed by atoms with E-state index in [1.807, 2.05) is 48.5 Å². The Labute approximate surface area is 409 Å². The first-order valence-electron chi connectivity index (χ1n) is 24.7. The monoisotopic (exact) mass is 902 g/mol. The smallest absolute Gasteiger partial charge is 0.164 e. The molecule has 8 aromatic carbocycles. The molecule has 3 fully saturated rings. The fraction of sp³-hybridized carbons (Fsp3) is 0.156. The second kappa shape index (κ2) is 17.7. The molecule has 4 unspecified atom stereocenters. The van der Waals surface area contributed by atoms with Crippen molar-refractivity contribution in [3.8, 4) is 90.6 Å². The summed E-state index contributed by atoms with van der Waals surface area (Å²) < 4.78 is 0. The summed E-state index contributed by atoms with van der Waals surface area (Å²) in [6, 6.07) is 76.7. The van der Waals surface area contributed by atoms with Gasteiger partial charge in [-0.05, 0) is 107 Å². The predicted molar refractivity (Wildman–Crippen MR) is 281 cm³/mol. The van der Waals surface area contributed by atoms with E-state index in [9.17, 15) is 0 Å². The lowest BCUT2D eigenvalue weighted by molar-refractivity contribution is 0.00306. The highest BCUT2D eigenvalue weighted by Gasteiger charge is 2.63. The van der Waals surface area contributed by atoms with Crippen LogP contribution in [-0.2, 0) is 0 Å². The first-order valence-corrected chi connectivity index (χ1v) is 24.7. The third kappa shape index (κ3) is 7.89. The van der Waals surface area contributed by atoms with Crippen LogP contribution in [0.3, 0.4) is 0 Å². The highest BCUT2D eigenvalue weighted by molar-refractivity contribution is 5.74. The van der Waals surface area contributed by atoms with Crippen molar-refractivity contribution in [2.75, 3.05) is 0 Å². The number of nitrogens with zero attached hydrogens (tertiary/aromatic N) is 6. The van der Waals surface area contributed by atoms with E-state index in [0.29, 0.717) is 52.2 Å². The molecule has 2 heterocycles. The van der Waals surface area contributed by atoms with Gasteiger partial charge in [-0.3, -0.25) is 0 Å². The fourth-order valence-corrected chi connectivity index (χ4v) is 12.1. The molecule has 70 heavy (non-hydrogen) atoms. The van der Waals surface area contributed by atoms with Crippen LogP contribution < -0.4 is 0 Å². The highest BCUT2D eigenvalue weighted by atomic mass is 15.0. The van der Waals surface area contributed by atoms with E-state index in [4.69, 9.17) is 29.9 Å². The SMILES string of the molecule is c1ccc(-c2cccc(-c3nc(-c4ccccc4)nc(-c4ccc(C5CC6CC7CC(c8ccc(-c9nc(-c%10ccccc%10)nc(-c%10cccc(-c%11ccccc%11)c%10)n9)cc8)CC67C5)cc4)n3)c2)cc1. The van der Waals surface area contributed by atoms with E-state index in [-0.39, 0.29) is 0 Å². The van der Waals surface area contributed by atoms with Gasteiger partial charge in [0.1, 0.15) is 0 Å². The van der Waals surface area contributed by atoms with Crippen LogP contribution in [0.5, 0.6) is 0 Å². The van der Waals surface area contributed by atoms with Crippen LogP contribution >= 0.6 is 0 Å². The first kappa shape index (κ1) is 41.9. The Morgan fingerprint density at radius 3 is 0.900 bits per heavy atom. The first-order chi connectivity index (χ1) is 34.6. The fourth-order valence-electron chi connectivity index (χ4n) is 12.1. The lowest BCUT2D eigenvalue weighted by Crippen LogP contribution is -2.41. The Morgan fingerprint density at radius 2 is 0.543 bits per heavy atom. The highest BCUT2D eigenvalue weighted by Crippen LogP contribution is 2.73. The summed E-state index contributed by atoms with van der Waals surface area (Å²) in [6.07, 6.45) is 6.43. The zero-order valence-electron chi connectivity index (χ0n) is 38.8. The molecule has 0 bridgehead atoms. The molecule has 3 saturated carbocycles. The van der Waals surface area contributed by atoms with Crippen molar-refractivity contribution in [2.45, 2.75) is 43.9 Å². The lowest BCUT2D eigenvalue weighted by Gasteiger charge is -2.49. The summed E-state index contributed by atoms with van der Waals surface area (Å²) in [7, 11) is 0. The minimum atomic E-state index is 0.427. The molecule has 13 rings (SSSR count). The minimum absolute atomic E-state index is 0.427. The molecule has 0 saturated heterocycles. The molecule has 3 aliphatic rings. The summed E-state index contributed by atoms with van der Waals surface area (Å²) in [6.45, 7) is 0. The molecule has 336 valence electrons. The van der Waals surface area contributed by atoms with E-state index in [1.165, 1.54) is 43.2 Å². The second-order valence-corrected chi connectivity index (χ2v) is 19.6. The maximum Gasteiger partial charge on any atom is 0.164 e. The van der Waals surface area contributed by atoms with Gasteiger partial charge in [0.15, 0.2) is 34.9 Å². The Hall–Kier alpha value is -8.22. The molecular weight excluding hydrogens is 853 g/mol. The maximum absolute atomic E-state index is 5.11. The molecule has 3 aliphatic carbocycles. The molecule has 0 amide bonds. The van der Waals surface area contributed by atoms with E-state index in [1.54, 1.807) is 0 Å². The van der Waals surface area contributed by atoms with Crippen LogP contribution in [0.25, 0.3) is 90.6 Å². The molecular formula is C64H50N6. The molecule has 0 aliphatic heterocycles. The van der Waals surface area contributed by atoms with E-state index in [2.05, 4.69) is 170 Å². The summed E-state index contributed by atoms with van der Waals surface area (Å²) in [4.78, 5) is 30.4. The van der Waals surface area contributed by atoms with Gasteiger partial charge in [0, 0.05) is 33.4 Å². The average molecular weight is 903 g/mol. The lowest BCUT2D eigenvalue weighted by atomic mass is 9.56. The van der Waals surface area contributed by atoms with E-state index < -0.39 is 0 Å². The van der Waals surface area contributed by atoms with Gasteiger partial charge in [0.2, 0.25) is 0 Å². The molecule has 0 N–H and O–H groups in total. The molecule has 4 atom stereocenters. The Kier molecular flexibility index (Phi) is 10.6. The number of hydrogen-bond acceptors (Lipinski definition) is 6. The zero-order chi connectivity index (χ0) is 46.4. The normalized spacial score (nSPS) is 20.1. The van der Waals surface area contributed by atoms with Crippen molar-refractivity contribution in [1.29, 1.82) is 0 Å². The number of aromatic nitrogens is 6. The quantitative estimate of drug-likeness (QED) is 0.136. The van der Waals surface area contributed by atoms with Crippen molar-refractivity contribution >= 4 is 0 Å². The third-order valence-electron chi connectivity index (χ3n) is 15.7. The zero-order valence-corrected chi connectivity index (χ0v) is 38.8. The number of hydrogen-bond donors (Lipinski definition) is 0. The van der Waals surface area contributed by atoms with Crippen molar-refractivity contribution in [1.82, 2.24) is 29.9 Å². The minimum Gasteiger partial charge on any atom is -0.208 e. The maximum atomic E-state index is 5.11.